The van der Waals surface area contributed by atoms with Crippen molar-refractivity contribution in [1.29, 1.82) is 5.26 Å². The van der Waals surface area contributed by atoms with E-state index in [1.54, 1.807) is 11.9 Å². The first kappa shape index (κ1) is 8.85. The van der Waals surface area contributed by atoms with Gasteiger partial charge in [0, 0.05) is 13.6 Å². The SMILES string of the molecule is CCN(C)C(=O)NC1(C#N)CC1. The summed E-state index contributed by atoms with van der Waals surface area (Å²) in [6.07, 6.45) is 1.57. The molecular weight excluding hydrogens is 154 g/mol. The summed E-state index contributed by atoms with van der Waals surface area (Å²) in [6, 6.07) is 1.95. The summed E-state index contributed by atoms with van der Waals surface area (Å²) in [4.78, 5) is 12.8. The molecule has 0 saturated heterocycles. The highest BCUT2D eigenvalue weighted by atomic mass is 16.2. The van der Waals surface area contributed by atoms with Gasteiger partial charge in [-0.15, -0.1) is 0 Å². The third-order valence-electron chi connectivity index (χ3n) is 2.13. The predicted molar refractivity (Wildman–Crippen MR) is 44.4 cm³/mol. The van der Waals surface area contributed by atoms with Gasteiger partial charge in [-0.3, -0.25) is 0 Å². The first-order valence-corrected chi connectivity index (χ1v) is 4.08. The molecule has 12 heavy (non-hydrogen) atoms. The van der Waals surface area contributed by atoms with E-state index in [4.69, 9.17) is 5.26 Å². The summed E-state index contributed by atoms with van der Waals surface area (Å²) in [5.41, 5.74) is -0.541. The molecule has 0 bridgehead atoms. The van der Waals surface area contributed by atoms with Crippen LogP contribution in [0.2, 0.25) is 0 Å². The van der Waals surface area contributed by atoms with Crippen LogP contribution < -0.4 is 5.32 Å². The van der Waals surface area contributed by atoms with Gasteiger partial charge in [-0.05, 0) is 19.8 Å². The Kier molecular flexibility index (Phi) is 2.22. The van der Waals surface area contributed by atoms with E-state index in [-0.39, 0.29) is 6.03 Å². The van der Waals surface area contributed by atoms with Crippen molar-refractivity contribution in [1.82, 2.24) is 10.2 Å². The molecule has 1 fully saturated rings. The lowest BCUT2D eigenvalue weighted by Crippen LogP contribution is -2.43. The second-order valence-corrected chi connectivity index (χ2v) is 3.14. The quantitative estimate of drug-likeness (QED) is 0.658. The van der Waals surface area contributed by atoms with Gasteiger partial charge in [0.1, 0.15) is 5.54 Å². The number of carbonyl (C=O) groups excluding carboxylic acids is 1. The number of nitrogens with zero attached hydrogens (tertiary/aromatic N) is 2. The second-order valence-electron chi connectivity index (χ2n) is 3.14. The van der Waals surface area contributed by atoms with Crippen molar-refractivity contribution >= 4 is 6.03 Å². The summed E-state index contributed by atoms with van der Waals surface area (Å²) in [5.74, 6) is 0. The molecule has 0 spiro atoms. The van der Waals surface area contributed by atoms with Gasteiger partial charge in [0.15, 0.2) is 0 Å². The van der Waals surface area contributed by atoms with Crippen molar-refractivity contribution < 1.29 is 4.79 Å². The maximum Gasteiger partial charge on any atom is 0.318 e. The minimum absolute atomic E-state index is 0.156. The Bertz CT molecular complexity index is 227. The van der Waals surface area contributed by atoms with Crippen LogP contribution in [-0.2, 0) is 0 Å². The third kappa shape index (κ3) is 1.67. The highest BCUT2D eigenvalue weighted by Crippen LogP contribution is 2.34. The molecule has 1 aliphatic carbocycles. The molecule has 4 nitrogen and oxygen atoms in total. The molecule has 2 amide bonds. The van der Waals surface area contributed by atoms with Crippen LogP contribution in [0.3, 0.4) is 0 Å². The van der Waals surface area contributed by atoms with Crippen LogP contribution in [-0.4, -0.2) is 30.1 Å². The van der Waals surface area contributed by atoms with Crippen LogP contribution in [0.4, 0.5) is 4.79 Å². The van der Waals surface area contributed by atoms with Crippen LogP contribution in [0.1, 0.15) is 19.8 Å². The number of carbonyl (C=O) groups is 1. The Labute approximate surface area is 72.2 Å². The maximum absolute atomic E-state index is 11.3. The van der Waals surface area contributed by atoms with Crippen LogP contribution >= 0.6 is 0 Å². The van der Waals surface area contributed by atoms with E-state index < -0.39 is 5.54 Å². The van der Waals surface area contributed by atoms with Crippen molar-refractivity contribution in [3.8, 4) is 6.07 Å². The van der Waals surface area contributed by atoms with Gasteiger partial charge >= 0.3 is 6.03 Å². The van der Waals surface area contributed by atoms with Gasteiger partial charge in [-0.25, -0.2) is 4.79 Å². The average Bonchev–Trinajstić information content (AvgIpc) is 2.84. The normalized spacial score (nSPS) is 17.8. The number of rotatable bonds is 2. The summed E-state index contributed by atoms with van der Waals surface area (Å²) in [5, 5.41) is 11.4. The van der Waals surface area contributed by atoms with Crippen LogP contribution in [0.5, 0.6) is 0 Å². The maximum atomic E-state index is 11.3. The molecule has 1 N–H and O–H groups in total. The first-order chi connectivity index (χ1) is 5.63. The van der Waals surface area contributed by atoms with E-state index in [1.807, 2.05) is 6.92 Å². The van der Waals surface area contributed by atoms with Crippen molar-refractivity contribution in [3.05, 3.63) is 0 Å². The zero-order valence-electron chi connectivity index (χ0n) is 7.42. The average molecular weight is 167 g/mol. The van der Waals surface area contributed by atoms with Crippen molar-refractivity contribution in [2.45, 2.75) is 25.3 Å². The number of hydrogen-bond acceptors (Lipinski definition) is 2. The Morgan fingerprint density at radius 1 is 1.75 bits per heavy atom. The lowest BCUT2D eigenvalue weighted by molar-refractivity contribution is 0.208. The highest BCUT2D eigenvalue weighted by molar-refractivity contribution is 5.75. The molecule has 66 valence electrons. The van der Waals surface area contributed by atoms with E-state index in [1.165, 1.54) is 0 Å². The van der Waals surface area contributed by atoms with Gasteiger partial charge in [0.05, 0.1) is 6.07 Å². The minimum atomic E-state index is -0.541. The fourth-order valence-electron chi connectivity index (χ4n) is 0.833. The molecule has 4 heteroatoms. The van der Waals surface area contributed by atoms with E-state index in [0.29, 0.717) is 6.54 Å². The van der Waals surface area contributed by atoms with Gasteiger partial charge in [-0.1, -0.05) is 0 Å². The molecule has 1 rings (SSSR count). The lowest BCUT2D eigenvalue weighted by Gasteiger charge is -2.17. The van der Waals surface area contributed by atoms with Gasteiger partial charge in [0.2, 0.25) is 0 Å². The number of nitrogens with one attached hydrogen (secondary N) is 1. The first-order valence-electron chi connectivity index (χ1n) is 4.08. The highest BCUT2D eigenvalue weighted by Gasteiger charge is 2.45. The summed E-state index contributed by atoms with van der Waals surface area (Å²) in [7, 11) is 1.71. The van der Waals surface area contributed by atoms with Gasteiger partial charge < -0.3 is 10.2 Å². The fraction of sp³-hybridized carbons (Fsp3) is 0.750. The summed E-state index contributed by atoms with van der Waals surface area (Å²) in [6.45, 7) is 2.55. The monoisotopic (exact) mass is 167 g/mol. The molecule has 0 heterocycles. The molecule has 1 aliphatic rings. The lowest BCUT2D eigenvalue weighted by atomic mass is 10.3. The molecule has 0 aromatic heterocycles. The molecule has 0 unspecified atom stereocenters. The summed E-state index contributed by atoms with van der Waals surface area (Å²) >= 11 is 0. The van der Waals surface area contributed by atoms with Crippen LogP contribution in [0.25, 0.3) is 0 Å². The Hall–Kier alpha value is -1.24. The topological polar surface area (TPSA) is 56.1 Å². The van der Waals surface area contributed by atoms with E-state index in [9.17, 15) is 4.79 Å². The fourth-order valence-corrected chi connectivity index (χ4v) is 0.833. The third-order valence-corrected chi connectivity index (χ3v) is 2.13. The minimum Gasteiger partial charge on any atom is -0.328 e. The number of hydrogen-bond donors (Lipinski definition) is 1. The Balaban J connectivity index is 2.42. The van der Waals surface area contributed by atoms with Gasteiger partial charge in [0.25, 0.3) is 0 Å². The second kappa shape index (κ2) is 3.02. The Morgan fingerprint density at radius 2 is 2.33 bits per heavy atom. The van der Waals surface area contributed by atoms with Crippen molar-refractivity contribution in [3.63, 3.8) is 0 Å². The molecule has 0 aromatic carbocycles. The number of amides is 2. The van der Waals surface area contributed by atoms with E-state index in [2.05, 4.69) is 11.4 Å². The molecular formula is C8H13N3O. The van der Waals surface area contributed by atoms with Crippen LogP contribution in [0, 0.1) is 11.3 Å². The zero-order chi connectivity index (χ0) is 9.19. The molecule has 1 saturated carbocycles. The summed E-state index contributed by atoms with van der Waals surface area (Å²) < 4.78 is 0. The molecule has 0 aromatic rings. The largest absolute Gasteiger partial charge is 0.328 e. The molecule has 0 radical (unpaired) electrons. The van der Waals surface area contributed by atoms with Gasteiger partial charge in [-0.2, -0.15) is 5.26 Å². The van der Waals surface area contributed by atoms with Crippen LogP contribution in [0.15, 0.2) is 0 Å². The van der Waals surface area contributed by atoms with E-state index in [0.717, 1.165) is 12.8 Å². The van der Waals surface area contributed by atoms with E-state index >= 15 is 0 Å². The standard InChI is InChI=1S/C8H13N3O/c1-3-11(2)7(12)10-8(6-9)4-5-8/h3-5H2,1-2H3,(H,10,12). The number of urea groups is 1. The van der Waals surface area contributed by atoms with Crippen molar-refractivity contribution in [2.75, 3.05) is 13.6 Å². The molecule has 0 aliphatic heterocycles. The molecule has 0 atom stereocenters. The Morgan fingerprint density at radius 3 is 2.67 bits per heavy atom. The number of nitriles is 1. The van der Waals surface area contributed by atoms with Crippen molar-refractivity contribution in [2.24, 2.45) is 0 Å². The predicted octanol–water partition coefficient (Wildman–Crippen LogP) is 0.704. The smallest absolute Gasteiger partial charge is 0.318 e. The zero-order valence-corrected chi connectivity index (χ0v) is 7.42.